The zero-order chi connectivity index (χ0) is 20.3. The van der Waals surface area contributed by atoms with Crippen LogP contribution in [-0.4, -0.2) is 35.2 Å². The molecule has 1 N–H and O–H groups in total. The number of non-ortho nitro benzene ring substituents is 1. The average Bonchev–Trinajstić information content (AvgIpc) is 3.16. The molecule has 0 unspecified atom stereocenters. The summed E-state index contributed by atoms with van der Waals surface area (Å²) in [6.07, 6.45) is 0. The molecule has 0 saturated heterocycles. The zero-order valence-corrected chi connectivity index (χ0v) is 15.3. The van der Waals surface area contributed by atoms with Crippen molar-refractivity contribution in [1.29, 1.82) is 0 Å². The monoisotopic (exact) mass is 402 g/mol. The normalized spacial score (nSPS) is 11.2. The molecule has 0 aliphatic rings. The third-order valence-corrected chi connectivity index (χ3v) is 5.56. The van der Waals surface area contributed by atoms with E-state index in [1.54, 1.807) is 6.92 Å². The van der Waals surface area contributed by atoms with E-state index in [1.807, 2.05) is 0 Å². The van der Waals surface area contributed by atoms with Crippen LogP contribution in [0.1, 0.15) is 17.3 Å². The maximum Gasteiger partial charge on any atom is 0.322 e. The summed E-state index contributed by atoms with van der Waals surface area (Å²) in [6.45, 7) is 1.55. The molecule has 1 aromatic heterocycles. The predicted molar refractivity (Wildman–Crippen MR) is 98.5 cm³/mol. The highest BCUT2D eigenvalue weighted by atomic mass is 32.2. The molecule has 11 heteroatoms. The number of sulfone groups is 1. The lowest BCUT2D eigenvalue weighted by atomic mass is 10.2. The Hall–Kier alpha value is -3.60. The van der Waals surface area contributed by atoms with Crippen molar-refractivity contribution in [2.75, 3.05) is 11.1 Å². The van der Waals surface area contributed by atoms with Gasteiger partial charge in [-0.3, -0.25) is 20.2 Å². The largest absolute Gasteiger partial charge is 0.403 e. The fourth-order valence-corrected chi connectivity index (χ4v) is 3.18. The molecule has 2 aromatic carbocycles. The minimum absolute atomic E-state index is 0.0132. The van der Waals surface area contributed by atoms with E-state index in [1.165, 1.54) is 42.5 Å². The second-order valence-corrected chi connectivity index (χ2v) is 7.88. The lowest BCUT2D eigenvalue weighted by Gasteiger charge is -2.02. The van der Waals surface area contributed by atoms with Crippen LogP contribution in [0.3, 0.4) is 0 Å². The van der Waals surface area contributed by atoms with Crippen molar-refractivity contribution in [3.8, 4) is 11.5 Å². The van der Waals surface area contributed by atoms with Crippen molar-refractivity contribution in [3.63, 3.8) is 0 Å². The summed E-state index contributed by atoms with van der Waals surface area (Å²) in [5.74, 6) is -0.584. The Morgan fingerprint density at radius 1 is 1.18 bits per heavy atom. The highest BCUT2D eigenvalue weighted by Crippen LogP contribution is 2.23. The number of anilines is 1. The minimum Gasteiger partial charge on any atom is -0.403 e. The number of carbonyl (C=O) groups excluding carboxylic acids is 1. The summed E-state index contributed by atoms with van der Waals surface area (Å²) < 4.78 is 29.0. The Kier molecular flexibility index (Phi) is 5.18. The number of carbonyl (C=O) groups is 1. The molecule has 0 aliphatic carbocycles. The first kappa shape index (κ1) is 19.2. The number of amides is 1. The smallest absolute Gasteiger partial charge is 0.322 e. The van der Waals surface area contributed by atoms with Crippen molar-refractivity contribution in [3.05, 3.63) is 64.2 Å². The SMILES string of the molecule is CCS(=O)(=O)c1ccc(-c2nnc(NC(=O)c3cccc([N+](=O)[O-])c3)o2)cc1. The molecule has 28 heavy (non-hydrogen) atoms. The summed E-state index contributed by atoms with van der Waals surface area (Å²) in [4.78, 5) is 22.6. The van der Waals surface area contributed by atoms with Crippen LogP contribution in [0.25, 0.3) is 11.5 Å². The first-order valence-electron chi connectivity index (χ1n) is 8.02. The quantitative estimate of drug-likeness (QED) is 0.489. The third-order valence-electron chi connectivity index (χ3n) is 3.81. The molecule has 144 valence electrons. The Morgan fingerprint density at radius 3 is 2.54 bits per heavy atom. The fraction of sp³-hybridized carbons (Fsp3) is 0.118. The molecule has 3 rings (SSSR count). The van der Waals surface area contributed by atoms with Gasteiger partial charge in [0.15, 0.2) is 9.84 Å². The van der Waals surface area contributed by atoms with Crippen molar-refractivity contribution in [1.82, 2.24) is 10.2 Å². The van der Waals surface area contributed by atoms with Gasteiger partial charge in [-0.1, -0.05) is 18.1 Å². The topological polar surface area (TPSA) is 145 Å². The summed E-state index contributed by atoms with van der Waals surface area (Å²) in [6, 6.07) is 10.9. The summed E-state index contributed by atoms with van der Waals surface area (Å²) in [5.41, 5.74) is 0.308. The number of benzene rings is 2. The van der Waals surface area contributed by atoms with Gasteiger partial charge in [-0.15, -0.1) is 5.10 Å². The maximum absolute atomic E-state index is 12.2. The van der Waals surface area contributed by atoms with Gasteiger partial charge < -0.3 is 4.42 Å². The molecule has 1 heterocycles. The molecule has 0 radical (unpaired) electrons. The number of rotatable bonds is 6. The Labute approximate surface area is 159 Å². The van der Waals surface area contributed by atoms with Gasteiger partial charge in [-0.2, -0.15) is 0 Å². The molecule has 0 spiro atoms. The molecule has 3 aromatic rings. The second-order valence-electron chi connectivity index (χ2n) is 5.60. The number of hydrogen-bond donors (Lipinski definition) is 1. The van der Waals surface area contributed by atoms with Crippen molar-refractivity contribution < 1.29 is 22.6 Å². The van der Waals surface area contributed by atoms with Crippen molar-refractivity contribution in [2.45, 2.75) is 11.8 Å². The highest BCUT2D eigenvalue weighted by molar-refractivity contribution is 7.91. The third kappa shape index (κ3) is 4.04. The zero-order valence-electron chi connectivity index (χ0n) is 14.5. The summed E-state index contributed by atoms with van der Waals surface area (Å²) in [5, 5.41) is 20.7. The van der Waals surface area contributed by atoms with Crippen molar-refractivity contribution >= 4 is 27.4 Å². The van der Waals surface area contributed by atoms with Crippen molar-refractivity contribution in [2.24, 2.45) is 0 Å². The van der Waals surface area contributed by atoms with E-state index in [0.717, 1.165) is 6.07 Å². The van der Waals surface area contributed by atoms with Crippen LogP contribution in [-0.2, 0) is 9.84 Å². The molecule has 0 fully saturated rings. The van der Waals surface area contributed by atoms with E-state index in [0.29, 0.717) is 5.56 Å². The number of nitrogens with one attached hydrogen (secondary N) is 1. The molecule has 1 amide bonds. The number of nitrogens with zero attached hydrogens (tertiary/aromatic N) is 3. The summed E-state index contributed by atoms with van der Waals surface area (Å²) >= 11 is 0. The first-order chi connectivity index (χ1) is 13.3. The van der Waals surface area contributed by atoms with Gasteiger partial charge in [0, 0.05) is 23.3 Å². The predicted octanol–water partition coefficient (Wildman–Crippen LogP) is 2.69. The van der Waals surface area contributed by atoms with Crippen LogP contribution in [0.15, 0.2) is 57.8 Å². The van der Waals surface area contributed by atoms with Crippen LogP contribution < -0.4 is 5.32 Å². The van der Waals surface area contributed by atoms with Gasteiger partial charge >= 0.3 is 6.01 Å². The van der Waals surface area contributed by atoms with Crippen LogP contribution in [0.4, 0.5) is 11.7 Å². The van der Waals surface area contributed by atoms with E-state index in [-0.39, 0.29) is 33.8 Å². The van der Waals surface area contributed by atoms with Crippen LogP contribution >= 0.6 is 0 Å². The number of nitro benzene ring substituents is 1. The molecular formula is C17H14N4O6S. The Balaban J connectivity index is 1.76. The van der Waals surface area contributed by atoms with E-state index in [2.05, 4.69) is 15.5 Å². The van der Waals surface area contributed by atoms with Gasteiger partial charge in [0.25, 0.3) is 11.6 Å². The van der Waals surface area contributed by atoms with Gasteiger partial charge in [0.05, 0.1) is 15.6 Å². The molecule has 0 saturated carbocycles. The van der Waals surface area contributed by atoms with Crippen LogP contribution in [0.5, 0.6) is 0 Å². The maximum atomic E-state index is 12.2. The van der Waals surface area contributed by atoms with Gasteiger partial charge in [0.2, 0.25) is 5.89 Å². The lowest BCUT2D eigenvalue weighted by Crippen LogP contribution is -2.12. The standard InChI is InChI=1S/C17H14N4O6S/c1-2-28(25,26)14-8-6-11(7-9-14)16-19-20-17(27-16)18-15(22)12-4-3-5-13(10-12)21(23)24/h3-10H,2H2,1H3,(H,18,20,22). The molecule has 0 bridgehead atoms. The Bertz CT molecular complexity index is 1140. The van der Waals surface area contributed by atoms with Gasteiger partial charge in [-0.05, 0) is 30.3 Å². The fourth-order valence-electron chi connectivity index (χ4n) is 2.29. The summed E-state index contributed by atoms with van der Waals surface area (Å²) in [7, 11) is -3.32. The number of nitro groups is 1. The van der Waals surface area contributed by atoms with Crippen LogP contribution in [0, 0.1) is 10.1 Å². The van der Waals surface area contributed by atoms with E-state index < -0.39 is 20.7 Å². The minimum atomic E-state index is -3.32. The molecule has 0 aliphatic heterocycles. The highest BCUT2D eigenvalue weighted by Gasteiger charge is 2.16. The van der Waals surface area contributed by atoms with Gasteiger partial charge in [-0.25, -0.2) is 8.42 Å². The first-order valence-corrected chi connectivity index (χ1v) is 9.68. The molecule has 10 nitrogen and oxygen atoms in total. The number of aromatic nitrogens is 2. The molecular weight excluding hydrogens is 388 g/mol. The molecule has 0 atom stereocenters. The van der Waals surface area contributed by atoms with E-state index >= 15 is 0 Å². The van der Waals surface area contributed by atoms with Gasteiger partial charge in [0.1, 0.15) is 0 Å². The second kappa shape index (κ2) is 7.56. The number of hydrogen-bond acceptors (Lipinski definition) is 8. The van der Waals surface area contributed by atoms with E-state index in [9.17, 15) is 23.3 Å². The average molecular weight is 402 g/mol. The lowest BCUT2D eigenvalue weighted by molar-refractivity contribution is -0.384. The Morgan fingerprint density at radius 2 is 1.89 bits per heavy atom. The van der Waals surface area contributed by atoms with E-state index in [4.69, 9.17) is 4.42 Å². The van der Waals surface area contributed by atoms with Crippen LogP contribution in [0.2, 0.25) is 0 Å².